The Labute approximate surface area is 88.9 Å². The van der Waals surface area contributed by atoms with Gasteiger partial charge in [-0.3, -0.25) is 0 Å². The average Bonchev–Trinajstić information content (AvgIpc) is 2.69. The number of nitrogens with two attached hydrogens (primary N) is 1. The van der Waals surface area contributed by atoms with Crippen LogP contribution in [-0.4, -0.2) is 53.9 Å². The van der Waals surface area contributed by atoms with Gasteiger partial charge in [-0.2, -0.15) is 4.99 Å². The number of carbonyl (C=O) groups is 1. The molecule has 2 saturated heterocycles. The van der Waals surface area contributed by atoms with Gasteiger partial charge in [0.1, 0.15) is 11.4 Å². The third-order valence-electron chi connectivity index (χ3n) is 4.30. The van der Waals surface area contributed by atoms with Crippen molar-refractivity contribution in [2.45, 2.75) is 18.4 Å². The van der Waals surface area contributed by atoms with E-state index in [0.29, 0.717) is 11.8 Å². The largest absolute Gasteiger partial charge is 0.385 e. The minimum absolute atomic E-state index is 0.173. The van der Waals surface area contributed by atoms with Gasteiger partial charge in [-0.25, -0.2) is 4.79 Å². The number of rotatable bonds is 0. The molecule has 2 N–H and O–H groups in total. The molecule has 0 aromatic carbocycles. The number of aliphatic imine (C=N–C) groups is 1. The van der Waals surface area contributed by atoms with Gasteiger partial charge in [0.05, 0.1) is 0 Å². The smallest absolute Gasteiger partial charge is 0.345 e. The third kappa shape index (κ3) is 0.963. The van der Waals surface area contributed by atoms with Crippen LogP contribution < -0.4 is 5.73 Å². The van der Waals surface area contributed by atoms with Crippen LogP contribution in [-0.2, 0) is 0 Å². The summed E-state index contributed by atoms with van der Waals surface area (Å²) in [6.07, 6.45) is 2.07. The minimum atomic E-state index is -0.260. The van der Waals surface area contributed by atoms with Gasteiger partial charge in [0.25, 0.3) is 0 Å². The maximum atomic E-state index is 11.6. The van der Waals surface area contributed by atoms with Crippen LogP contribution >= 0.6 is 0 Å². The summed E-state index contributed by atoms with van der Waals surface area (Å²) in [6.45, 7) is 3.24. The molecule has 3 aliphatic heterocycles. The van der Waals surface area contributed by atoms with Crippen LogP contribution in [0.15, 0.2) is 4.99 Å². The molecule has 3 aliphatic rings. The zero-order chi connectivity index (χ0) is 10.6. The van der Waals surface area contributed by atoms with Crippen molar-refractivity contribution in [3.05, 3.63) is 0 Å². The Kier molecular flexibility index (Phi) is 1.66. The Hall–Kier alpha value is -1.10. The summed E-state index contributed by atoms with van der Waals surface area (Å²) < 4.78 is 0. The topological polar surface area (TPSA) is 61.9 Å². The van der Waals surface area contributed by atoms with Crippen LogP contribution in [0.25, 0.3) is 0 Å². The molecule has 5 heteroatoms. The summed E-state index contributed by atoms with van der Waals surface area (Å²) in [6, 6.07) is -0.173. The number of hydrogen-bond donors (Lipinski definition) is 1. The van der Waals surface area contributed by atoms with Gasteiger partial charge >= 0.3 is 6.03 Å². The number of nitrogens with zero attached hydrogens (tertiary/aromatic N) is 3. The van der Waals surface area contributed by atoms with E-state index in [1.165, 1.54) is 0 Å². The Morgan fingerprint density at radius 1 is 1.53 bits per heavy atom. The highest BCUT2D eigenvalue weighted by Crippen LogP contribution is 2.41. The van der Waals surface area contributed by atoms with E-state index in [1.54, 1.807) is 4.90 Å². The predicted molar refractivity (Wildman–Crippen MR) is 56.7 cm³/mol. The third-order valence-corrected chi connectivity index (χ3v) is 4.30. The fourth-order valence-corrected chi connectivity index (χ4v) is 3.35. The first-order valence-electron chi connectivity index (χ1n) is 5.49. The number of hydrogen-bond acceptors (Lipinski definition) is 3. The van der Waals surface area contributed by atoms with Gasteiger partial charge in [-0.15, -0.1) is 0 Å². The summed E-state index contributed by atoms with van der Waals surface area (Å²) in [7, 11) is 1.83. The quantitative estimate of drug-likeness (QED) is 0.603. The molecular formula is C10H16N4O. The first-order valence-corrected chi connectivity index (χ1v) is 5.49. The van der Waals surface area contributed by atoms with Crippen molar-refractivity contribution >= 4 is 11.9 Å². The van der Waals surface area contributed by atoms with Crippen molar-refractivity contribution in [3.63, 3.8) is 0 Å². The van der Waals surface area contributed by atoms with Crippen LogP contribution in [0.3, 0.4) is 0 Å². The van der Waals surface area contributed by atoms with Crippen LogP contribution in [0, 0.1) is 5.92 Å². The summed E-state index contributed by atoms with van der Waals surface area (Å²) in [5.74, 6) is 1.02. The molecule has 0 aliphatic carbocycles. The number of fused-ring (bicyclic) bond motifs is 3. The molecule has 2 fully saturated rings. The van der Waals surface area contributed by atoms with E-state index in [0.717, 1.165) is 32.5 Å². The van der Waals surface area contributed by atoms with Crippen molar-refractivity contribution in [2.75, 3.05) is 26.7 Å². The molecular weight excluding hydrogens is 192 g/mol. The molecule has 3 rings (SSSR count). The second-order valence-electron chi connectivity index (χ2n) is 4.80. The van der Waals surface area contributed by atoms with Crippen LogP contribution in [0.5, 0.6) is 0 Å². The molecule has 3 unspecified atom stereocenters. The van der Waals surface area contributed by atoms with Crippen LogP contribution in [0.2, 0.25) is 0 Å². The molecule has 0 radical (unpaired) electrons. The van der Waals surface area contributed by atoms with Crippen molar-refractivity contribution < 1.29 is 4.79 Å². The first kappa shape index (κ1) is 9.15. The number of urea groups is 1. The molecule has 0 aromatic rings. The van der Waals surface area contributed by atoms with E-state index < -0.39 is 0 Å². The number of amides is 2. The van der Waals surface area contributed by atoms with E-state index in [4.69, 9.17) is 5.73 Å². The first-order chi connectivity index (χ1) is 7.14. The van der Waals surface area contributed by atoms with Gasteiger partial charge in [0, 0.05) is 26.1 Å². The molecule has 3 atom stereocenters. The highest BCUT2D eigenvalue weighted by molar-refractivity contribution is 6.06. The standard InChI is InChI=1S/C10H16N4O/c1-13-9(15)12-8(11)10(13)3-5-14-4-2-7(10)6-14/h7H,2-6H2,1H3,(H2,11,12,15). The Morgan fingerprint density at radius 3 is 3.00 bits per heavy atom. The van der Waals surface area contributed by atoms with Gasteiger partial charge in [-0.1, -0.05) is 0 Å². The summed E-state index contributed by atoms with van der Waals surface area (Å²) in [4.78, 5) is 19.7. The second-order valence-corrected chi connectivity index (χ2v) is 4.80. The van der Waals surface area contributed by atoms with Crippen molar-refractivity contribution in [3.8, 4) is 0 Å². The van der Waals surface area contributed by atoms with Crippen molar-refractivity contribution in [1.29, 1.82) is 0 Å². The molecule has 3 heterocycles. The lowest BCUT2D eigenvalue weighted by atomic mass is 9.77. The van der Waals surface area contributed by atoms with Gasteiger partial charge in [-0.05, 0) is 19.4 Å². The van der Waals surface area contributed by atoms with E-state index in [1.807, 2.05) is 7.05 Å². The highest BCUT2D eigenvalue weighted by Gasteiger charge is 2.55. The molecule has 2 amide bonds. The highest BCUT2D eigenvalue weighted by atomic mass is 16.2. The Morgan fingerprint density at radius 2 is 2.33 bits per heavy atom. The molecule has 2 bridgehead atoms. The number of amidine groups is 1. The lowest BCUT2D eigenvalue weighted by Gasteiger charge is -2.44. The fraction of sp³-hybridized carbons (Fsp3) is 0.800. The summed E-state index contributed by atoms with van der Waals surface area (Å²) >= 11 is 0. The summed E-state index contributed by atoms with van der Waals surface area (Å²) in [5.41, 5.74) is 5.72. The average molecular weight is 208 g/mol. The number of likely N-dealkylation sites (N-methyl/N-ethyl adjacent to an activating group) is 1. The van der Waals surface area contributed by atoms with Gasteiger partial charge in [0.2, 0.25) is 0 Å². The normalized spacial score (nSPS) is 43.9. The number of piperidine rings is 1. The lowest BCUT2D eigenvalue weighted by Crippen LogP contribution is -2.61. The molecule has 1 spiro atoms. The van der Waals surface area contributed by atoms with E-state index in [2.05, 4.69) is 9.89 Å². The summed E-state index contributed by atoms with van der Waals surface area (Å²) in [5, 5.41) is 0. The van der Waals surface area contributed by atoms with Crippen LogP contribution in [0.4, 0.5) is 4.79 Å². The SMILES string of the molecule is CN1C(=O)N=C(N)C12CCN1CCC2C1. The predicted octanol–water partition coefficient (Wildman–Crippen LogP) is -0.127. The zero-order valence-electron chi connectivity index (χ0n) is 8.94. The van der Waals surface area contributed by atoms with Crippen molar-refractivity contribution in [1.82, 2.24) is 9.80 Å². The Bertz CT molecular complexity index is 353. The van der Waals surface area contributed by atoms with Gasteiger partial charge < -0.3 is 15.5 Å². The maximum absolute atomic E-state index is 11.6. The molecule has 0 aromatic heterocycles. The Balaban J connectivity index is 2.02. The van der Waals surface area contributed by atoms with E-state index in [-0.39, 0.29) is 11.6 Å². The maximum Gasteiger partial charge on any atom is 0.345 e. The van der Waals surface area contributed by atoms with Gasteiger partial charge in [0.15, 0.2) is 0 Å². The minimum Gasteiger partial charge on any atom is -0.385 e. The molecule has 5 nitrogen and oxygen atoms in total. The molecule has 15 heavy (non-hydrogen) atoms. The fourth-order valence-electron chi connectivity index (χ4n) is 3.35. The monoisotopic (exact) mass is 208 g/mol. The molecule has 82 valence electrons. The lowest BCUT2D eigenvalue weighted by molar-refractivity contribution is 0.108. The second kappa shape index (κ2) is 2.72. The zero-order valence-corrected chi connectivity index (χ0v) is 8.94. The van der Waals surface area contributed by atoms with Crippen molar-refractivity contribution in [2.24, 2.45) is 16.6 Å². The van der Waals surface area contributed by atoms with Crippen LogP contribution in [0.1, 0.15) is 12.8 Å². The van der Waals surface area contributed by atoms with E-state index in [9.17, 15) is 4.79 Å². The molecule has 0 saturated carbocycles. The van der Waals surface area contributed by atoms with E-state index >= 15 is 0 Å². The number of carbonyl (C=O) groups excluding carboxylic acids is 1.